The number of esters is 2. The zero-order valence-corrected chi connectivity index (χ0v) is 27.3. The number of nitrogens with one attached hydrogen (secondary N) is 2. The van der Waals surface area contributed by atoms with E-state index in [1.54, 1.807) is 39.5 Å². The summed E-state index contributed by atoms with van der Waals surface area (Å²) in [6.45, 7) is 13.9. The number of amides is 2. The molecule has 0 spiro atoms. The standard InChI is InChI=1S/C31H53N5O8/c1-6-41-25(37)20-31(26(38)42-7-2)13-18-34(19-14-31)21-24-22-36(29(40)43-24)15-9-8-10-23-11-16-35(17-12-23)27(32)33-28(39)44-30(3,4)5/h23-24H,6-22H2,1-5H3,(H2,32,33,39). The highest BCUT2D eigenvalue weighted by atomic mass is 16.6. The van der Waals surface area contributed by atoms with Crippen LogP contribution in [0.1, 0.15) is 86.0 Å². The molecule has 3 aliphatic rings. The molecule has 44 heavy (non-hydrogen) atoms. The Hall–Kier alpha value is -3.09. The van der Waals surface area contributed by atoms with Crippen LogP contribution in [0.25, 0.3) is 0 Å². The third-order valence-corrected chi connectivity index (χ3v) is 8.56. The van der Waals surface area contributed by atoms with Gasteiger partial charge in [0.15, 0.2) is 0 Å². The topological polar surface area (TPSA) is 151 Å². The first-order valence-electron chi connectivity index (χ1n) is 16.2. The van der Waals surface area contributed by atoms with Crippen molar-refractivity contribution in [1.82, 2.24) is 20.0 Å². The third kappa shape index (κ3) is 10.8. The van der Waals surface area contributed by atoms with Crippen molar-refractivity contribution in [3.05, 3.63) is 0 Å². The highest BCUT2D eigenvalue weighted by molar-refractivity contribution is 5.92. The summed E-state index contributed by atoms with van der Waals surface area (Å²) in [6.07, 6.45) is 4.79. The Kier molecular flexibility index (Phi) is 13.1. The molecule has 0 aromatic carbocycles. The lowest BCUT2D eigenvalue weighted by atomic mass is 9.75. The first-order chi connectivity index (χ1) is 20.8. The SMILES string of the molecule is CCOC(=O)CC1(C(=O)OCC)CCN(CC2CN(CCCCC3CCN(C(=N)NC(=O)OC(C)(C)C)CC3)C(=O)O2)CC1. The van der Waals surface area contributed by atoms with Gasteiger partial charge in [-0.3, -0.25) is 25.2 Å². The van der Waals surface area contributed by atoms with Crippen molar-refractivity contribution in [2.45, 2.75) is 97.7 Å². The van der Waals surface area contributed by atoms with E-state index in [-0.39, 0.29) is 49.7 Å². The van der Waals surface area contributed by atoms with Gasteiger partial charge in [0.1, 0.15) is 11.7 Å². The molecule has 250 valence electrons. The molecule has 3 saturated heterocycles. The molecule has 2 amide bonds. The average Bonchev–Trinajstić information content (AvgIpc) is 3.30. The summed E-state index contributed by atoms with van der Waals surface area (Å²) in [5, 5.41) is 10.7. The predicted molar refractivity (Wildman–Crippen MR) is 163 cm³/mol. The van der Waals surface area contributed by atoms with Gasteiger partial charge in [-0.05, 0) is 85.7 Å². The van der Waals surface area contributed by atoms with Gasteiger partial charge in [-0.2, -0.15) is 0 Å². The largest absolute Gasteiger partial charge is 0.466 e. The first-order valence-corrected chi connectivity index (χ1v) is 16.2. The van der Waals surface area contributed by atoms with Crippen molar-refractivity contribution in [1.29, 1.82) is 5.41 Å². The van der Waals surface area contributed by atoms with E-state index in [0.29, 0.717) is 51.5 Å². The van der Waals surface area contributed by atoms with E-state index < -0.39 is 17.1 Å². The number of cyclic esters (lactones) is 1. The summed E-state index contributed by atoms with van der Waals surface area (Å²) in [6, 6.07) is 0. The van der Waals surface area contributed by atoms with Gasteiger partial charge in [0.05, 0.1) is 31.6 Å². The molecule has 1 atom stereocenters. The van der Waals surface area contributed by atoms with E-state index in [1.165, 1.54) is 0 Å². The maximum absolute atomic E-state index is 12.8. The van der Waals surface area contributed by atoms with Crippen LogP contribution in [0.2, 0.25) is 0 Å². The second kappa shape index (κ2) is 16.3. The summed E-state index contributed by atoms with van der Waals surface area (Å²) < 4.78 is 21.3. The van der Waals surface area contributed by atoms with Gasteiger partial charge >= 0.3 is 24.1 Å². The lowest BCUT2D eigenvalue weighted by molar-refractivity contribution is -0.165. The zero-order valence-electron chi connectivity index (χ0n) is 27.3. The van der Waals surface area contributed by atoms with E-state index in [1.807, 2.05) is 4.90 Å². The monoisotopic (exact) mass is 623 g/mol. The Balaban J connectivity index is 1.33. The third-order valence-electron chi connectivity index (χ3n) is 8.56. The fraction of sp³-hybridized carbons (Fsp3) is 0.839. The molecular weight excluding hydrogens is 570 g/mol. The average molecular weight is 624 g/mol. The maximum Gasteiger partial charge on any atom is 0.414 e. The van der Waals surface area contributed by atoms with E-state index in [2.05, 4.69) is 10.2 Å². The molecule has 0 aromatic rings. The molecule has 3 heterocycles. The molecule has 2 N–H and O–H groups in total. The number of piperidine rings is 2. The van der Waals surface area contributed by atoms with Crippen LogP contribution >= 0.6 is 0 Å². The number of ether oxygens (including phenoxy) is 4. The number of rotatable bonds is 12. The molecule has 13 heteroatoms. The molecule has 0 bridgehead atoms. The molecule has 0 saturated carbocycles. The van der Waals surface area contributed by atoms with Crippen LogP contribution < -0.4 is 5.32 Å². The lowest BCUT2D eigenvalue weighted by Crippen LogP contribution is -2.48. The van der Waals surface area contributed by atoms with Gasteiger partial charge in [0.25, 0.3) is 0 Å². The smallest absolute Gasteiger partial charge is 0.414 e. The summed E-state index contributed by atoms with van der Waals surface area (Å²) in [5.41, 5.74) is -1.47. The Bertz CT molecular complexity index is 1000. The molecular formula is C31H53N5O8. The number of nitrogens with zero attached hydrogens (tertiary/aromatic N) is 3. The Morgan fingerprint density at radius 2 is 1.68 bits per heavy atom. The number of unbranched alkanes of at least 4 members (excludes halogenated alkanes) is 1. The van der Waals surface area contributed by atoms with E-state index >= 15 is 0 Å². The minimum absolute atomic E-state index is 0.0217. The number of carbonyl (C=O) groups is 4. The van der Waals surface area contributed by atoms with Gasteiger partial charge in [-0.25, -0.2) is 9.59 Å². The van der Waals surface area contributed by atoms with Crippen molar-refractivity contribution in [2.24, 2.45) is 11.3 Å². The van der Waals surface area contributed by atoms with Crippen molar-refractivity contribution >= 4 is 30.1 Å². The minimum Gasteiger partial charge on any atom is -0.466 e. The molecule has 0 aliphatic carbocycles. The Morgan fingerprint density at radius 3 is 2.30 bits per heavy atom. The van der Waals surface area contributed by atoms with Crippen LogP contribution in [0.3, 0.4) is 0 Å². The number of likely N-dealkylation sites (tertiary alicyclic amines) is 2. The lowest BCUT2D eigenvalue weighted by Gasteiger charge is -2.39. The summed E-state index contributed by atoms with van der Waals surface area (Å²) >= 11 is 0. The molecule has 0 aromatic heterocycles. The number of hydrogen-bond donors (Lipinski definition) is 2. The van der Waals surface area contributed by atoms with Gasteiger partial charge in [0.2, 0.25) is 5.96 Å². The molecule has 3 aliphatic heterocycles. The van der Waals surface area contributed by atoms with Gasteiger partial charge < -0.3 is 28.7 Å². The summed E-state index contributed by atoms with van der Waals surface area (Å²) in [7, 11) is 0. The molecule has 3 fully saturated rings. The van der Waals surface area contributed by atoms with Crippen molar-refractivity contribution in [3.8, 4) is 0 Å². The van der Waals surface area contributed by atoms with E-state index in [0.717, 1.165) is 45.2 Å². The van der Waals surface area contributed by atoms with E-state index in [4.69, 9.17) is 24.4 Å². The Morgan fingerprint density at radius 1 is 1.02 bits per heavy atom. The van der Waals surface area contributed by atoms with Gasteiger partial charge in [-0.1, -0.05) is 12.8 Å². The fourth-order valence-electron chi connectivity index (χ4n) is 6.19. The van der Waals surface area contributed by atoms with Gasteiger partial charge in [0, 0.05) is 26.2 Å². The number of alkyl carbamates (subject to hydrolysis) is 1. The maximum atomic E-state index is 12.8. The van der Waals surface area contributed by atoms with Crippen LogP contribution in [0.5, 0.6) is 0 Å². The predicted octanol–water partition coefficient (Wildman–Crippen LogP) is 3.75. The van der Waals surface area contributed by atoms with Gasteiger partial charge in [-0.15, -0.1) is 0 Å². The molecule has 3 rings (SSSR count). The van der Waals surface area contributed by atoms with E-state index in [9.17, 15) is 19.2 Å². The summed E-state index contributed by atoms with van der Waals surface area (Å²) in [4.78, 5) is 55.3. The van der Waals surface area contributed by atoms with Crippen LogP contribution in [0, 0.1) is 16.7 Å². The van der Waals surface area contributed by atoms with Crippen LogP contribution in [-0.2, 0) is 28.5 Å². The normalized spacial score (nSPS) is 21.0. The Labute approximate surface area is 261 Å². The molecule has 1 unspecified atom stereocenters. The summed E-state index contributed by atoms with van der Waals surface area (Å²) in [5.74, 6) is -0.0813. The quantitative estimate of drug-likeness (QED) is 0.108. The fourth-order valence-corrected chi connectivity index (χ4v) is 6.19. The molecule has 13 nitrogen and oxygen atoms in total. The van der Waals surface area contributed by atoms with Crippen LogP contribution in [0.15, 0.2) is 0 Å². The highest BCUT2D eigenvalue weighted by Crippen LogP contribution is 2.37. The molecule has 0 radical (unpaired) electrons. The second-order valence-corrected chi connectivity index (χ2v) is 13.1. The second-order valence-electron chi connectivity index (χ2n) is 13.1. The van der Waals surface area contributed by atoms with Crippen LogP contribution in [0.4, 0.5) is 9.59 Å². The van der Waals surface area contributed by atoms with Crippen molar-refractivity contribution in [2.75, 3.05) is 59.0 Å². The zero-order chi connectivity index (χ0) is 32.3. The van der Waals surface area contributed by atoms with Crippen molar-refractivity contribution in [3.63, 3.8) is 0 Å². The van der Waals surface area contributed by atoms with Crippen molar-refractivity contribution < 1.29 is 38.1 Å². The number of guanidine groups is 1. The first kappa shape index (κ1) is 35.4. The minimum atomic E-state index is -0.869. The highest BCUT2D eigenvalue weighted by Gasteiger charge is 2.45. The number of hydrogen-bond acceptors (Lipinski definition) is 10. The number of carbonyl (C=O) groups excluding carboxylic acids is 4. The van der Waals surface area contributed by atoms with Crippen LogP contribution in [-0.4, -0.2) is 116 Å².